The van der Waals surface area contributed by atoms with Gasteiger partial charge in [0.15, 0.2) is 0 Å². The number of hydrogen-bond donors (Lipinski definition) is 2. The van der Waals surface area contributed by atoms with Crippen molar-refractivity contribution in [2.24, 2.45) is 0 Å². The summed E-state index contributed by atoms with van der Waals surface area (Å²) in [5, 5.41) is 18.9. The van der Waals surface area contributed by atoms with Crippen molar-refractivity contribution in [1.29, 1.82) is 0 Å². The predicted molar refractivity (Wildman–Crippen MR) is 199 cm³/mol. The van der Waals surface area contributed by atoms with Crippen molar-refractivity contribution in [1.82, 2.24) is 0 Å². The highest BCUT2D eigenvalue weighted by molar-refractivity contribution is 7.79. The maximum atomic E-state index is 4.62. The van der Waals surface area contributed by atoms with Crippen LogP contribution in [-0.4, -0.2) is 0 Å². The Kier molecular flexibility index (Phi) is 5.10. The third-order valence-corrected chi connectivity index (χ3v) is 10.7. The summed E-state index contributed by atoms with van der Waals surface area (Å²) in [7, 11) is 0. The van der Waals surface area contributed by atoms with Crippen LogP contribution in [0, 0.1) is 0 Å². The van der Waals surface area contributed by atoms with Crippen LogP contribution in [0.15, 0.2) is 121 Å². The summed E-state index contributed by atoms with van der Waals surface area (Å²) >= 11 is 9.25. The van der Waals surface area contributed by atoms with Gasteiger partial charge in [0, 0.05) is 11.5 Å². The number of hydrogen-bond acceptors (Lipinski definition) is 2. The van der Waals surface area contributed by atoms with Gasteiger partial charge in [0.25, 0.3) is 0 Å². The average Bonchev–Trinajstić information content (AvgIpc) is 3.09. The van der Waals surface area contributed by atoms with Crippen LogP contribution < -0.4 is 0 Å². The topological polar surface area (TPSA) is 0 Å². The fourth-order valence-electron chi connectivity index (χ4n) is 8.33. The van der Waals surface area contributed by atoms with Gasteiger partial charge in [0.2, 0.25) is 0 Å². The minimum atomic E-state index is 0.720. The Hall–Kier alpha value is -4.50. The van der Waals surface area contributed by atoms with E-state index in [-0.39, 0.29) is 0 Å². The largest absolute Gasteiger partial charge is 0.175 e. The third-order valence-electron chi connectivity index (χ3n) is 9.96. The van der Waals surface area contributed by atoms with Crippen molar-refractivity contribution in [2.45, 2.75) is 11.5 Å². The van der Waals surface area contributed by atoms with Gasteiger partial charge < -0.3 is 0 Å². The molecular formula is C42H26S2. The SMILES string of the molecule is SCc1cccc(-c2c3cccc4c5cccc6c(-c7cccc(CS)c7)c7cccc8c9cccc2c9c(c34)c(c65)c78)c1. The summed E-state index contributed by atoms with van der Waals surface area (Å²) < 4.78 is 0. The molecule has 2 heteroatoms. The molecule has 0 saturated carbocycles. The zero-order chi connectivity index (χ0) is 29.1. The monoisotopic (exact) mass is 594 g/mol. The smallest absolute Gasteiger partial charge is 0.0154 e. The Bertz CT molecular complexity index is 2410. The number of thiol groups is 2. The second-order valence-electron chi connectivity index (χ2n) is 12.1. The first-order chi connectivity index (χ1) is 21.8. The molecule has 0 amide bonds. The van der Waals surface area contributed by atoms with E-state index >= 15 is 0 Å². The summed E-state index contributed by atoms with van der Waals surface area (Å²) in [4.78, 5) is 0. The summed E-state index contributed by atoms with van der Waals surface area (Å²) in [6.07, 6.45) is 0. The molecular weight excluding hydrogens is 569 g/mol. The first kappa shape index (κ1) is 24.9. The minimum absolute atomic E-state index is 0.720. The molecule has 0 heterocycles. The molecule has 0 nitrogen and oxygen atoms in total. The molecule has 10 rings (SSSR count). The molecule has 206 valence electrons. The van der Waals surface area contributed by atoms with Gasteiger partial charge >= 0.3 is 0 Å². The molecule has 0 radical (unpaired) electrons. The molecule has 10 aromatic rings. The van der Waals surface area contributed by atoms with E-state index in [1.807, 2.05) is 0 Å². The van der Waals surface area contributed by atoms with Gasteiger partial charge in [-0.1, -0.05) is 121 Å². The third kappa shape index (κ3) is 3.07. The molecule has 0 bridgehead atoms. The van der Waals surface area contributed by atoms with Crippen LogP contribution in [-0.2, 0) is 11.5 Å². The second kappa shape index (κ2) is 9.01. The molecule has 0 saturated heterocycles. The van der Waals surface area contributed by atoms with Crippen molar-refractivity contribution in [3.05, 3.63) is 132 Å². The Morgan fingerprint density at radius 2 is 0.614 bits per heavy atom. The average molecular weight is 595 g/mol. The lowest BCUT2D eigenvalue weighted by atomic mass is 9.77. The van der Waals surface area contributed by atoms with E-state index < -0.39 is 0 Å². The second-order valence-corrected chi connectivity index (χ2v) is 12.8. The van der Waals surface area contributed by atoms with E-state index in [0.29, 0.717) is 0 Å². The molecule has 0 aliphatic carbocycles. The molecule has 0 atom stereocenters. The van der Waals surface area contributed by atoms with Crippen molar-refractivity contribution < 1.29 is 0 Å². The van der Waals surface area contributed by atoms with E-state index in [9.17, 15) is 0 Å². The highest BCUT2D eigenvalue weighted by Crippen LogP contribution is 2.55. The minimum Gasteiger partial charge on any atom is -0.175 e. The van der Waals surface area contributed by atoms with Gasteiger partial charge in [-0.2, -0.15) is 25.3 Å². The highest BCUT2D eigenvalue weighted by Gasteiger charge is 2.26. The molecule has 0 spiro atoms. The van der Waals surface area contributed by atoms with Crippen LogP contribution in [0.2, 0.25) is 0 Å². The van der Waals surface area contributed by atoms with Gasteiger partial charge in [-0.25, -0.2) is 0 Å². The summed E-state index contributed by atoms with van der Waals surface area (Å²) in [5.41, 5.74) is 7.61. The van der Waals surface area contributed by atoms with Crippen molar-refractivity contribution in [3.8, 4) is 22.3 Å². The molecule has 0 N–H and O–H groups in total. The molecule has 0 unspecified atom stereocenters. The van der Waals surface area contributed by atoms with Crippen LogP contribution >= 0.6 is 25.3 Å². The molecule has 10 aromatic carbocycles. The van der Waals surface area contributed by atoms with Gasteiger partial charge in [0.05, 0.1) is 0 Å². The molecule has 0 aliphatic heterocycles. The van der Waals surface area contributed by atoms with Crippen LogP contribution in [0.3, 0.4) is 0 Å². The van der Waals surface area contributed by atoms with Gasteiger partial charge in [0.1, 0.15) is 0 Å². The van der Waals surface area contributed by atoms with E-state index in [1.54, 1.807) is 0 Å². The lowest BCUT2D eigenvalue weighted by Crippen LogP contribution is -1.97. The number of rotatable bonds is 4. The Labute approximate surface area is 265 Å². The van der Waals surface area contributed by atoms with Crippen molar-refractivity contribution >= 4 is 101 Å². The van der Waals surface area contributed by atoms with E-state index in [4.69, 9.17) is 0 Å². The van der Waals surface area contributed by atoms with Crippen LogP contribution in [0.1, 0.15) is 11.1 Å². The Morgan fingerprint density at radius 1 is 0.318 bits per heavy atom. The highest BCUT2D eigenvalue weighted by atomic mass is 32.1. The standard InChI is InChI=1S/C42H26S2/c43-21-23-7-1-9-25(19-23)35-31-15-3-11-27-29-13-5-17-33-36(26-10-2-8-24(20-26)22-44)34-18-6-14-30-28-12-4-16-32(35)38(28)41(37(27)31)42(39(29)33)40(30)34/h1-20,43-44H,21-22H2. The van der Waals surface area contributed by atoms with Gasteiger partial charge in [-0.15, -0.1) is 0 Å². The van der Waals surface area contributed by atoms with E-state index in [0.717, 1.165) is 11.5 Å². The maximum absolute atomic E-state index is 4.62. The summed E-state index contributed by atoms with van der Waals surface area (Å²) in [5.74, 6) is 1.44. The summed E-state index contributed by atoms with van der Waals surface area (Å²) in [6, 6.07) is 45.6. The number of benzene rings is 10. The molecule has 0 fully saturated rings. The normalized spacial score (nSPS) is 12.5. The lowest BCUT2D eigenvalue weighted by molar-refractivity contribution is 1.43. The zero-order valence-corrected chi connectivity index (χ0v) is 25.6. The van der Waals surface area contributed by atoms with Crippen LogP contribution in [0.4, 0.5) is 0 Å². The quantitative estimate of drug-likeness (QED) is 0.113. The zero-order valence-electron chi connectivity index (χ0n) is 23.9. The van der Waals surface area contributed by atoms with E-state index in [1.165, 1.54) is 109 Å². The van der Waals surface area contributed by atoms with Gasteiger partial charge in [-0.3, -0.25) is 0 Å². The maximum Gasteiger partial charge on any atom is 0.0154 e. The molecule has 0 aromatic heterocycles. The number of fused-ring (bicyclic) bond motifs is 2. The van der Waals surface area contributed by atoms with Crippen molar-refractivity contribution in [3.63, 3.8) is 0 Å². The van der Waals surface area contributed by atoms with Crippen LogP contribution in [0.5, 0.6) is 0 Å². The Balaban J connectivity index is 1.54. The molecule has 44 heavy (non-hydrogen) atoms. The molecule has 0 aliphatic rings. The first-order valence-electron chi connectivity index (χ1n) is 15.2. The predicted octanol–water partition coefficient (Wildman–Crippen LogP) is 12.3. The Morgan fingerprint density at radius 3 is 0.932 bits per heavy atom. The van der Waals surface area contributed by atoms with Gasteiger partial charge in [-0.05, 0) is 109 Å². The van der Waals surface area contributed by atoms with Crippen LogP contribution in [0.25, 0.3) is 97.7 Å². The summed E-state index contributed by atoms with van der Waals surface area (Å²) in [6.45, 7) is 0. The first-order valence-corrected chi connectivity index (χ1v) is 16.5. The fraction of sp³-hybridized carbons (Fsp3) is 0.0476. The van der Waals surface area contributed by atoms with Crippen molar-refractivity contribution in [2.75, 3.05) is 0 Å². The lowest BCUT2D eigenvalue weighted by Gasteiger charge is -2.26. The van der Waals surface area contributed by atoms with E-state index in [2.05, 4.69) is 147 Å². The fourth-order valence-corrected chi connectivity index (χ4v) is 8.72.